The zero-order valence-electron chi connectivity index (χ0n) is 10.9. The summed E-state index contributed by atoms with van der Waals surface area (Å²) in [6, 6.07) is 6.61. The fourth-order valence-electron chi connectivity index (χ4n) is 2.06. The van der Waals surface area contributed by atoms with E-state index in [2.05, 4.69) is 52.1 Å². The van der Waals surface area contributed by atoms with E-state index >= 15 is 0 Å². The Kier molecular flexibility index (Phi) is 4.40. The average molecular weight is 240 g/mol. The summed E-state index contributed by atoms with van der Waals surface area (Å²) in [5.41, 5.74) is 2.68. The molecule has 1 rings (SSSR count). The maximum Gasteiger partial charge on any atom is 0.0411 e. The second-order valence-corrected chi connectivity index (χ2v) is 5.86. The van der Waals surface area contributed by atoms with Crippen molar-refractivity contribution in [2.75, 3.05) is 6.54 Å². The number of hydrogen-bond acceptors (Lipinski definition) is 1. The number of hydrogen-bond donors (Lipinski definition) is 1. The van der Waals surface area contributed by atoms with Gasteiger partial charge in [-0.05, 0) is 42.1 Å². The smallest absolute Gasteiger partial charge is 0.0411 e. The molecule has 0 saturated heterocycles. The van der Waals surface area contributed by atoms with E-state index in [1.807, 2.05) is 6.07 Å². The van der Waals surface area contributed by atoms with Crippen LogP contribution in [0.1, 0.15) is 44.9 Å². The highest BCUT2D eigenvalue weighted by Crippen LogP contribution is 2.34. The highest BCUT2D eigenvalue weighted by Gasteiger charge is 2.25. The van der Waals surface area contributed by atoms with Gasteiger partial charge in [-0.15, -0.1) is 0 Å². The van der Waals surface area contributed by atoms with Crippen molar-refractivity contribution in [2.45, 2.75) is 40.7 Å². The molecule has 0 fully saturated rings. The van der Waals surface area contributed by atoms with E-state index in [0.717, 1.165) is 11.6 Å². The van der Waals surface area contributed by atoms with Crippen LogP contribution in [-0.2, 0) is 0 Å². The van der Waals surface area contributed by atoms with Crippen molar-refractivity contribution in [3.63, 3.8) is 0 Å². The Morgan fingerprint density at radius 2 is 1.88 bits per heavy atom. The summed E-state index contributed by atoms with van der Waals surface area (Å²) in [5, 5.41) is 4.36. The zero-order chi connectivity index (χ0) is 12.3. The molecule has 1 nitrogen and oxygen atoms in total. The van der Waals surface area contributed by atoms with E-state index in [9.17, 15) is 0 Å². The first-order valence-electron chi connectivity index (χ1n) is 5.85. The Morgan fingerprint density at radius 1 is 1.25 bits per heavy atom. The fourth-order valence-corrected chi connectivity index (χ4v) is 2.36. The largest absolute Gasteiger partial charge is 0.310 e. The molecule has 1 unspecified atom stereocenters. The van der Waals surface area contributed by atoms with Crippen LogP contribution in [0, 0.1) is 12.3 Å². The third-order valence-electron chi connectivity index (χ3n) is 2.67. The highest BCUT2D eigenvalue weighted by molar-refractivity contribution is 6.30. The summed E-state index contributed by atoms with van der Waals surface area (Å²) in [6.45, 7) is 11.9. The summed E-state index contributed by atoms with van der Waals surface area (Å²) in [4.78, 5) is 0. The first kappa shape index (κ1) is 13.5. The Bertz CT molecular complexity index is 332. The molecule has 1 atom stereocenters. The predicted molar refractivity (Wildman–Crippen MR) is 72.1 cm³/mol. The molecule has 1 N–H and O–H groups in total. The molecule has 16 heavy (non-hydrogen) atoms. The van der Waals surface area contributed by atoms with Crippen LogP contribution in [0.4, 0.5) is 0 Å². The second-order valence-electron chi connectivity index (χ2n) is 5.42. The van der Waals surface area contributed by atoms with Gasteiger partial charge in [-0.2, -0.15) is 0 Å². The normalized spacial score (nSPS) is 13.9. The quantitative estimate of drug-likeness (QED) is 0.827. The average Bonchev–Trinajstić information content (AvgIpc) is 2.10. The van der Waals surface area contributed by atoms with Crippen molar-refractivity contribution in [3.8, 4) is 0 Å². The molecule has 1 aromatic carbocycles. The van der Waals surface area contributed by atoms with Crippen molar-refractivity contribution in [3.05, 3.63) is 34.3 Å². The summed E-state index contributed by atoms with van der Waals surface area (Å²) in [5.74, 6) is 0. The SMILES string of the molecule is CCNC(c1cc(C)cc(Cl)c1)C(C)(C)C. The first-order chi connectivity index (χ1) is 7.34. The molecule has 0 spiro atoms. The standard InChI is InChI=1S/C14H22ClN/c1-6-16-13(14(3,4)5)11-7-10(2)8-12(15)9-11/h7-9,13,16H,6H2,1-5H3. The first-order valence-corrected chi connectivity index (χ1v) is 6.23. The minimum Gasteiger partial charge on any atom is -0.310 e. The molecule has 0 aliphatic rings. The van der Waals surface area contributed by atoms with Gasteiger partial charge >= 0.3 is 0 Å². The molecule has 0 saturated carbocycles. The molecule has 0 aliphatic carbocycles. The van der Waals surface area contributed by atoms with Crippen LogP contribution in [0.2, 0.25) is 5.02 Å². The van der Waals surface area contributed by atoms with Gasteiger partial charge in [-0.25, -0.2) is 0 Å². The summed E-state index contributed by atoms with van der Waals surface area (Å²) in [6.07, 6.45) is 0. The fraction of sp³-hybridized carbons (Fsp3) is 0.571. The van der Waals surface area contributed by atoms with Crippen molar-refractivity contribution < 1.29 is 0 Å². The molecule has 0 amide bonds. The minimum absolute atomic E-state index is 0.188. The van der Waals surface area contributed by atoms with Gasteiger partial charge in [0.15, 0.2) is 0 Å². The van der Waals surface area contributed by atoms with Gasteiger partial charge in [-0.1, -0.05) is 45.4 Å². The van der Waals surface area contributed by atoms with Gasteiger partial charge in [0.2, 0.25) is 0 Å². The summed E-state index contributed by atoms with van der Waals surface area (Å²) < 4.78 is 0. The molecule has 0 bridgehead atoms. The predicted octanol–water partition coefficient (Wildman–Crippen LogP) is 4.35. The number of rotatable bonds is 3. The van der Waals surface area contributed by atoms with E-state index in [4.69, 9.17) is 11.6 Å². The maximum atomic E-state index is 6.12. The lowest BCUT2D eigenvalue weighted by molar-refractivity contribution is 0.277. The van der Waals surface area contributed by atoms with Crippen molar-refractivity contribution in [1.82, 2.24) is 5.32 Å². The monoisotopic (exact) mass is 239 g/mol. The van der Waals surface area contributed by atoms with E-state index in [1.54, 1.807) is 0 Å². The Hall–Kier alpha value is -0.530. The van der Waals surface area contributed by atoms with Crippen LogP contribution < -0.4 is 5.32 Å². The lowest BCUT2D eigenvalue weighted by atomic mass is 9.82. The van der Waals surface area contributed by atoms with Crippen LogP contribution in [0.3, 0.4) is 0 Å². The van der Waals surface area contributed by atoms with Crippen molar-refractivity contribution >= 4 is 11.6 Å². The van der Waals surface area contributed by atoms with Crippen LogP contribution in [0.15, 0.2) is 18.2 Å². The van der Waals surface area contributed by atoms with Crippen molar-refractivity contribution in [1.29, 1.82) is 0 Å². The van der Waals surface area contributed by atoms with Crippen LogP contribution in [0.5, 0.6) is 0 Å². The number of benzene rings is 1. The molecule has 0 heterocycles. The summed E-state index contributed by atoms with van der Waals surface area (Å²) >= 11 is 6.12. The third kappa shape index (κ3) is 3.50. The lowest BCUT2D eigenvalue weighted by Crippen LogP contribution is -2.32. The molecular formula is C14H22ClN. The molecule has 2 heteroatoms. The summed E-state index contributed by atoms with van der Waals surface area (Å²) in [7, 11) is 0. The second kappa shape index (κ2) is 5.20. The molecule has 0 aromatic heterocycles. The maximum absolute atomic E-state index is 6.12. The van der Waals surface area contributed by atoms with Crippen molar-refractivity contribution in [2.24, 2.45) is 5.41 Å². The van der Waals surface area contributed by atoms with Crippen LogP contribution in [-0.4, -0.2) is 6.54 Å². The van der Waals surface area contributed by atoms with Gasteiger partial charge in [-0.3, -0.25) is 0 Å². The minimum atomic E-state index is 0.188. The topological polar surface area (TPSA) is 12.0 Å². The third-order valence-corrected chi connectivity index (χ3v) is 2.89. The molecule has 0 aliphatic heterocycles. The molecule has 1 aromatic rings. The zero-order valence-corrected chi connectivity index (χ0v) is 11.7. The lowest BCUT2D eigenvalue weighted by Gasteiger charge is -2.32. The van der Waals surface area contributed by atoms with Gasteiger partial charge in [0.25, 0.3) is 0 Å². The van der Waals surface area contributed by atoms with Gasteiger partial charge in [0.05, 0.1) is 0 Å². The molecule has 0 radical (unpaired) electrons. The molecular weight excluding hydrogens is 218 g/mol. The van der Waals surface area contributed by atoms with Gasteiger partial charge < -0.3 is 5.32 Å². The van der Waals surface area contributed by atoms with Crippen LogP contribution >= 0.6 is 11.6 Å². The highest BCUT2D eigenvalue weighted by atomic mass is 35.5. The van der Waals surface area contributed by atoms with Crippen LogP contribution in [0.25, 0.3) is 0 Å². The van der Waals surface area contributed by atoms with E-state index in [0.29, 0.717) is 6.04 Å². The van der Waals surface area contributed by atoms with E-state index < -0.39 is 0 Å². The number of nitrogens with one attached hydrogen (secondary N) is 1. The Labute approximate surface area is 104 Å². The van der Waals surface area contributed by atoms with Gasteiger partial charge in [0.1, 0.15) is 0 Å². The van der Waals surface area contributed by atoms with E-state index in [1.165, 1.54) is 11.1 Å². The van der Waals surface area contributed by atoms with Gasteiger partial charge in [0, 0.05) is 11.1 Å². The Morgan fingerprint density at radius 3 is 2.31 bits per heavy atom. The molecule has 90 valence electrons. The Balaban J connectivity index is 3.10. The van der Waals surface area contributed by atoms with E-state index in [-0.39, 0.29) is 5.41 Å². The number of aryl methyl sites for hydroxylation is 1. The number of halogens is 1.